The molecule has 0 saturated carbocycles. The molecule has 0 unspecified atom stereocenters. The van der Waals surface area contributed by atoms with Gasteiger partial charge in [-0.05, 0) is 30.9 Å². The molecule has 0 aliphatic carbocycles. The maximum absolute atomic E-state index is 11.9. The lowest BCUT2D eigenvalue weighted by atomic mass is 9.86. The number of Topliss-reactive ketones (excluding diaryl/α,β-unsaturated/α-hetero) is 1. The zero-order valence-corrected chi connectivity index (χ0v) is 16.7. The molecular formula is C20H30N4O3. The molecule has 1 aromatic carbocycles. The van der Waals surface area contributed by atoms with Crippen LogP contribution in [0.2, 0.25) is 0 Å². The Morgan fingerprint density at radius 2 is 2.00 bits per heavy atom. The van der Waals surface area contributed by atoms with E-state index >= 15 is 0 Å². The van der Waals surface area contributed by atoms with Crippen LogP contribution in [0.5, 0.6) is 11.5 Å². The largest absolute Gasteiger partial charge is 0.507 e. The minimum Gasteiger partial charge on any atom is -0.507 e. The van der Waals surface area contributed by atoms with Crippen molar-refractivity contribution in [3.8, 4) is 11.5 Å². The number of nitrogens with zero attached hydrogens (tertiary/aromatic N) is 3. The van der Waals surface area contributed by atoms with Crippen LogP contribution in [0.15, 0.2) is 12.1 Å². The van der Waals surface area contributed by atoms with Gasteiger partial charge in [0.2, 0.25) is 0 Å². The van der Waals surface area contributed by atoms with Crippen molar-refractivity contribution in [1.82, 2.24) is 20.6 Å². The monoisotopic (exact) mass is 374 g/mol. The fourth-order valence-corrected chi connectivity index (χ4v) is 3.03. The van der Waals surface area contributed by atoms with Gasteiger partial charge in [0.1, 0.15) is 11.5 Å². The van der Waals surface area contributed by atoms with Gasteiger partial charge in [-0.15, -0.1) is 10.2 Å². The maximum Gasteiger partial charge on any atom is 0.180 e. The van der Waals surface area contributed by atoms with Crippen LogP contribution in [0.25, 0.3) is 0 Å². The Kier molecular flexibility index (Phi) is 7.33. The smallest absolute Gasteiger partial charge is 0.180 e. The number of tetrazole rings is 1. The van der Waals surface area contributed by atoms with Crippen molar-refractivity contribution in [1.29, 1.82) is 0 Å². The lowest BCUT2D eigenvalue weighted by molar-refractivity contribution is 0.0985. The summed E-state index contributed by atoms with van der Waals surface area (Å²) < 4.78 is 5.87. The van der Waals surface area contributed by atoms with E-state index in [1.54, 1.807) is 19.1 Å². The lowest BCUT2D eigenvalue weighted by Gasteiger charge is -2.20. The molecule has 0 aliphatic rings. The molecule has 0 fully saturated rings. The number of aryl methyl sites for hydroxylation is 1. The van der Waals surface area contributed by atoms with Crippen LogP contribution in [0.1, 0.15) is 81.5 Å². The number of carbonyl (C=O) groups is 1. The first kappa shape index (κ1) is 20.9. The predicted molar refractivity (Wildman–Crippen MR) is 103 cm³/mol. The summed E-state index contributed by atoms with van der Waals surface area (Å²) in [6.45, 7) is 8.61. The summed E-state index contributed by atoms with van der Waals surface area (Å²) in [5, 5.41) is 24.4. The zero-order valence-electron chi connectivity index (χ0n) is 16.7. The first-order valence-electron chi connectivity index (χ1n) is 9.64. The fourth-order valence-electron chi connectivity index (χ4n) is 3.03. The van der Waals surface area contributed by atoms with Gasteiger partial charge in [0.05, 0.1) is 12.2 Å². The molecule has 7 heteroatoms. The molecule has 0 radical (unpaired) electrons. The van der Waals surface area contributed by atoms with Gasteiger partial charge in [-0.25, -0.2) is 0 Å². The van der Waals surface area contributed by atoms with Gasteiger partial charge in [0, 0.05) is 17.9 Å². The third-order valence-corrected chi connectivity index (χ3v) is 4.84. The van der Waals surface area contributed by atoms with Crippen LogP contribution in [0.3, 0.4) is 0 Å². The van der Waals surface area contributed by atoms with Crippen molar-refractivity contribution in [2.24, 2.45) is 0 Å². The second-order valence-corrected chi connectivity index (χ2v) is 7.39. The standard InChI is InChI=1S/C20H30N4O3/c1-5-14-12-15(16(25)6-2)17(26)13-18(14)27-11-9-7-8-10-20(3,4)19-21-23-24-22-19/h12-13,26H,5-11H2,1-4H3,(H,21,22,23,24). The number of H-pyrrole nitrogens is 1. The van der Waals surface area contributed by atoms with E-state index in [4.69, 9.17) is 4.74 Å². The topological polar surface area (TPSA) is 101 Å². The summed E-state index contributed by atoms with van der Waals surface area (Å²) in [5.41, 5.74) is 1.23. The third-order valence-electron chi connectivity index (χ3n) is 4.84. The number of benzene rings is 1. The number of ketones is 1. The summed E-state index contributed by atoms with van der Waals surface area (Å²) in [4.78, 5) is 11.9. The highest BCUT2D eigenvalue weighted by Crippen LogP contribution is 2.30. The molecule has 2 rings (SSSR count). The van der Waals surface area contributed by atoms with E-state index in [1.165, 1.54) is 0 Å². The average Bonchev–Trinajstić information content (AvgIpc) is 3.19. The Morgan fingerprint density at radius 1 is 1.22 bits per heavy atom. The van der Waals surface area contributed by atoms with Crippen LogP contribution in [0, 0.1) is 0 Å². The molecule has 0 spiro atoms. The molecule has 1 heterocycles. The normalized spacial score (nSPS) is 11.6. The van der Waals surface area contributed by atoms with Gasteiger partial charge in [-0.1, -0.05) is 45.7 Å². The number of phenols is 1. The minimum atomic E-state index is -0.101. The van der Waals surface area contributed by atoms with E-state index in [0.717, 1.165) is 43.5 Å². The summed E-state index contributed by atoms with van der Waals surface area (Å²) in [6, 6.07) is 3.32. The van der Waals surface area contributed by atoms with Gasteiger partial charge in [0.15, 0.2) is 11.6 Å². The van der Waals surface area contributed by atoms with Crippen molar-refractivity contribution in [3.05, 3.63) is 29.1 Å². The summed E-state index contributed by atoms with van der Waals surface area (Å²) in [5.74, 6) is 1.34. The molecule has 0 aliphatic heterocycles. The highest BCUT2D eigenvalue weighted by atomic mass is 16.5. The van der Waals surface area contributed by atoms with Crippen molar-refractivity contribution < 1.29 is 14.6 Å². The Hall–Kier alpha value is -2.44. The van der Waals surface area contributed by atoms with E-state index in [2.05, 4.69) is 34.5 Å². The number of hydrogen-bond acceptors (Lipinski definition) is 6. The Labute approximate surface area is 160 Å². The third kappa shape index (κ3) is 5.52. The number of phenolic OH excluding ortho intramolecular Hbond substituents is 1. The molecular weight excluding hydrogens is 344 g/mol. The molecule has 2 N–H and O–H groups in total. The Morgan fingerprint density at radius 3 is 2.63 bits per heavy atom. The van der Waals surface area contributed by atoms with E-state index in [9.17, 15) is 9.90 Å². The zero-order chi connectivity index (χ0) is 19.9. The van der Waals surface area contributed by atoms with Gasteiger partial charge in [-0.2, -0.15) is 5.21 Å². The number of rotatable bonds is 11. The average molecular weight is 374 g/mol. The quantitative estimate of drug-likeness (QED) is 0.456. The van der Waals surface area contributed by atoms with E-state index < -0.39 is 0 Å². The number of hydrogen-bond donors (Lipinski definition) is 2. The molecule has 1 aromatic heterocycles. The molecule has 148 valence electrons. The van der Waals surface area contributed by atoms with Crippen molar-refractivity contribution in [2.45, 2.75) is 71.6 Å². The predicted octanol–water partition coefficient (Wildman–Crippen LogP) is 3.98. The van der Waals surface area contributed by atoms with Crippen molar-refractivity contribution in [2.75, 3.05) is 6.61 Å². The number of aromatic hydroxyl groups is 1. The Bertz CT molecular complexity index is 742. The molecule has 0 amide bonds. The fraction of sp³-hybridized carbons (Fsp3) is 0.600. The number of unbranched alkanes of at least 4 members (excludes halogenated alkanes) is 2. The van der Waals surface area contributed by atoms with E-state index in [1.807, 2.05) is 6.92 Å². The number of aromatic nitrogens is 4. The highest BCUT2D eigenvalue weighted by Gasteiger charge is 2.24. The minimum absolute atomic E-state index is 0.00379. The number of aromatic amines is 1. The summed E-state index contributed by atoms with van der Waals surface area (Å²) in [7, 11) is 0. The van der Waals surface area contributed by atoms with Gasteiger partial charge in [-0.3, -0.25) is 4.79 Å². The van der Waals surface area contributed by atoms with Crippen LogP contribution in [-0.2, 0) is 11.8 Å². The van der Waals surface area contributed by atoms with Crippen molar-refractivity contribution >= 4 is 5.78 Å². The molecule has 0 saturated heterocycles. The molecule has 0 bridgehead atoms. The maximum atomic E-state index is 11.9. The molecule has 0 atom stereocenters. The van der Waals surface area contributed by atoms with E-state index in [0.29, 0.717) is 24.3 Å². The number of ether oxygens (including phenoxy) is 1. The van der Waals surface area contributed by atoms with Gasteiger partial charge in [0.25, 0.3) is 0 Å². The second kappa shape index (κ2) is 9.48. The highest BCUT2D eigenvalue weighted by molar-refractivity contribution is 5.98. The first-order chi connectivity index (χ1) is 12.9. The lowest BCUT2D eigenvalue weighted by Crippen LogP contribution is -2.19. The first-order valence-corrected chi connectivity index (χ1v) is 9.64. The van der Waals surface area contributed by atoms with Gasteiger partial charge < -0.3 is 9.84 Å². The molecule has 2 aromatic rings. The number of nitrogens with one attached hydrogen (secondary N) is 1. The van der Waals surface area contributed by atoms with Crippen LogP contribution >= 0.6 is 0 Å². The van der Waals surface area contributed by atoms with Crippen LogP contribution in [-0.4, -0.2) is 38.1 Å². The Balaban J connectivity index is 1.81. The molecule has 27 heavy (non-hydrogen) atoms. The van der Waals surface area contributed by atoms with E-state index in [-0.39, 0.29) is 16.9 Å². The molecule has 7 nitrogen and oxygen atoms in total. The summed E-state index contributed by atoms with van der Waals surface area (Å²) >= 11 is 0. The van der Waals surface area contributed by atoms with Crippen LogP contribution < -0.4 is 4.74 Å². The van der Waals surface area contributed by atoms with Gasteiger partial charge >= 0.3 is 0 Å². The summed E-state index contributed by atoms with van der Waals surface area (Å²) in [6.07, 6.45) is 5.08. The SMILES string of the molecule is CCC(=O)c1cc(CC)c(OCCCCCC(C)(C)c2nn[nH]n2)cc1O. The van der Waals surface area contributed by atoms with Crippen LogP contribution in [0.4, 0.5) is 0 Å². The second-order valence-electron chi connectivity index (χ2n) is 7.39. The van der Waals surface area contributed by atoms with Crippen molar-refractivity contribution in [3.63, 3.8) is 0 Å². The number of carbonyl (C=O) groups excluding carboxylic acids is 1.